The van der Waals surface area contributed by atoms with Crippen LogP contribution >= 0.6 is 0 Å². The van der Waals surface area contributed by atoms with Gasteiger partial charge in [0.2, 0.25) is 0 Å². The molecule has 5 aromatic rings. The third kappa shape index (κ3) is 5.17. The Labute approximate surface area is 225 Å². The lowest BCUT2D eigenvalue weighted by atomic mass is 9.98. The number of amides is 1. The maximum atomic E-state index is 15.3. The second kappa shape index (κ2) is 10.7. The second-order valence-corrected chi connectivity index (χ2v) is 8.78. The zero-order valence-corrected chi connectivity index (χ0v) is 21.0. The molecule has 3 heterocycles. The Hall–Kier alpha value is -5.12. The standard InChI is InChI=1S/C28H24FN7O2.CH4/c1-15(2)27(37)35-19-8-5-17(6-9-19)24-22(23-25(30)32-14-33-26(23)36(24)4)18-7-10-21(20(29)13-18)38-28-31-12-11-16(3)34-28;/h5-14H,1H2,2-4H3,(H,35,37)(H2,30,32,33);1H4. The van der Waals surface area contributed by atoms with Gasteiger partial charge in [0.25, 0.3) is 5.91 Å². The molecule has 0 aliphatic carbocycles. The van der Waals surface area contributed by atoms with E-state index in [1.807, 2.05) is 23.7 Å². The van der Waals surface area contributed by atoms with Gasteiger partial charge < -0.3 is 20.4 Å². The molecule has 0 fully saturated rings. The van der Waals surface area contributed by atoms with E-state index in [1.54, 1.807) is 44.3 Å². The minimum absolute atomic E-state index is 0. The Kier molecular flexibility index (Phi) is 7.39. The molecule has 2 aromatic carbocycles. The van der Waals surface area contributed by atoms with E-state index in [0.29, 0.717) is 39.1 Å². The van der Waals surface area contributed by atoms with Gasteiger partial charge in [0.05, 0.1) is 11.1 Å². The molecule has 0 atom stereocenters. The smallest absolute Gasteiger partial charge is 0.322 e. The van der Waals surface area contributed by atoms with Crippen molar-refractivity contribution in [1.29, 1.82) is 0 Å². The van der Waals surface area contributed by atoms with Crippen molar-refractivity contribution >= 4 is 28.4 Å². The van der Waals surface area contributed by atoms with Crippen molar-refractivity contribution in [3.8, 4) is 34.1 Å². The van der Waals surface area contributed by atoms with Gasteiger partial charge in [0, 0.05) is 35.8 Å². The summed E-state index contributed by atoms with van der Waals surface area (Å²) < 4.78 is 22.8. The molecule has 0 bridgehead atoms. The van der Waals surface area contributed by atoms with Crippen LogP contribution < -0.4 is 15.8 Å². The summed E-state index contributed by atoms with van der Waals surface area (Å²) in [6.07, 6.45) is 2.94. The number of aromatic nitrogens is 5. The van der Waals surface area contributed by atoms with Gasteiger partial charge in [0.15, 0.2) is 11.6 Å². The quantitative estimate of drug-likeness (QED) is 0.258. The highest BCUT2D eigenvalue weighted by Gasteiger charge is 2.23. The van der Waals surface area contributed by atoms with Gasteiger partial charge >= 0.3 is 6.01 Å². The van der Waals surface area contributed by atoms with E-state index in [0.717, 1.165) is 11.3 Å². The minimum Gasteiger partial charge on any atom is -0.421 e. The lowest BCUT2D eigenvalue weighted by Gasteiger charge is -2.12. The van der Waals surface area contributed by atoms with Crippen LogP contribution in [0, 0.1) is 12.7 Å². The Morgan fingerprint density at radius 1 is 1.08 bits per heavy atom. The summed E-state index contributed by atoms with van der Waals surface area (Å²) in [6, 6.07) is 13.7. The van der Waals surface area contributed by atoms with E-state index in [1.165, 1.54) is 18.5 Å². The molecule has 39 heavy (non-hydrogen) atoms. The number of hydrogen-bond acceptors (Lipinski definition) is 7. The number of rotatable bonds is 6. The highest BCUT2D eigenvalue weighted by atomic mass is 19.1. The summed E-state index contributed by atoms with van der Waals surface area (Å²) >= 11 is 0. The van der Waals surface area contributed by atoms with Crippen LogP contribution in [0.2, 0.25) is 0 Å². The lowest BCUT2D eigenvalue weighted by Crippen LogP contribution is -2.11. The number of carbonyl (C=O) groups is 1. The molecule has 0 saturated carbocycles. The number of hydrogen-bond donors (Lipinski definition) is 2. The summed E-state index contributed by atoms with van der Waals surface area (Å²) in [6.45, 7) is 7.09. The molecule has 9 nitrogen and oxygen atoms in total. The Morgan fingerprint density at radius 2 is 1.79 bits per heavy atom. The van der Waals surface area contributed by atoms with Crippen LogP contribution in [0.4, 0.5) is 15.9 Å². The molecule has 5 rings (SSSR count). The van der Waals surface area contributed by atoms with Crippen molar-refractivity contribution in [3.05, 3.63) is 84.7 Å². The number of nitrogens with one attached hydrogen (secondary N) is 1. The zero-order chi connectivity index (χ0) is 27.0. The van der Waals surface area contributed by atoms with Crippen molar-refractivity contribution in [2.45, 2.75) is 21.3 Å². The van der Waals surface area contributed by atoms with Gasteiger partial charge in [-0.1, -0.05) is 32.2 Å². The first kappa shape index (κ1) is 26.9. The summed E-state index contributed by atoms with van der Waals surface area (Å²) in [7, 11) is 1.85. The van der Waals surface area contributed by atoms with Gasteiger partial charge in [0.1, 0.15) is 17.8 Å². The molecule has 1 amide bonds. The monoisotopic (exact) mass is 525 g/mol. The molecule has 0 radical (unpaired) electrons. The Balaban J connectivity index is 0.00000353. The normalized spacial score (nSPS) is 10.7. The van der Waals surface area contributed by atoms with Gasteiger partial charge in [-0.2, -0.15) is 0 Å². The average Bonchev–Trinajstić information content (AvgIpc) is 3.19. The third-order valence-electron chi connectivity index (χ3n) is 5.99. The third-order valence-corrected chi connectivity index (χ3v) is 5.99. The molecule has 3 N–H and O–H groups in total. The second-order valence-electron chi connectivity index (χ2n) is 8.78. The topological polar surface area (TPSA) is 121 Å². The molecule has 3 aromatic heterocycles. The summed E-state index contributed by atoms with van der Waals surface area (Å²) in [5, 5.41) is 3.39. The number of aryl methyl sites for hydroxylation is 2. The van der Waals surface area contributed by atoms with Crippen molar-refractivity contribution in [3.63, 3.8) is 0 Å². The molecule has 198 valence electrons. The lowest BCUT2D eigenvalue weighted by molar-refractivity contribution is -0.112. The molecule has 0 aliphatic heterocycles. The van der Waals surface area contributed by atoms with Gasteiger partial charge in [-0.25, -0.2) is 24.3 Å². The maximum Gasteiger partial charge on any atom is 0.322 e. The fourth-order valence-corrected chi connectivity index (χ4v) is 4.16. The van der Waals surface area contributed by atoms with Gasteiger partial charge in [-0.05, 0) is 55.3 Å². The molecule has 0 saturated heterocycles. The van der Waals surface area contributed by atoms with Crippen molar-refractivity contribution in [2.75, 3.05) is 11.1 Å². The number of fused-ring (bicyclic) bond motifs is 1. The van der Waals surface area contributed by atoms with E-state index >= 15 is 4.39 Å². The fourth-order valence-electron chi connectivity index (χ4n) is 4.16. The molecule has 0 unspecified atom stereocenters. The number of benzene rings is 2. The summed E-state index contributed by atoms with van der Waals surface area (Å²) in [4.78, 5) is 28.8. The van der Waals surface area contributed by atoms with Crippen molar-refractivity contribution in [1.82, 2.24) is 24.5 Å². The van der Waals surface area contributed by atoms with E-state index in [-0.39, 0.29) is 30.9 Å². The van der Waals surface area contributed by atoms with E-state index in [2.05, 4.69) is 31.8 Å². The first-order chi connectivity index (χ1) is 18.2. The maximum absolute atomic E-state index is 15.3. The summed E-state index contributed by atoms with van der Waals surface area (Å²) in [5.74, 6) is -0.599. The number of halogens is 1. The zero-order valence-electron chi connectivity index (χ0n) is 21.0. The number of nitrogens with two attached hydrogens (primary N) is 1. The van der Waals surface area contributed by atoms with Crippen LogP contribution in [0.1, 0.15) is 20.0 Å². The van der Waals surface area contributed by atoms with Gasteiger partial charge in [-0.15, -0.1) is 0 Å². The largest absolute Gasteiger partial charge is 0.421 e. The SMILES string of the molecule is C.C=C(C)C(=O)Nc1ccc(-c2c(-c3ccc(Oc4nccc(C)n4)c(F)c3)c3c(N)ncnc3n2C)cc1. The molecular formula is C29H28FN7O2. The molecular weight excluding hydrogens is 497 g/mol. The first-order valence-corrected chi connectivity index (χ1v) is 11.7. The molecule has 0 spiro atoms. The van der Waals surface area contributed by atoms with Crippen molar-refractivity contribution in [2.24, 2.45) is 7.05 Å². The number of anilines is 2. The highest BCUT2D eigenvalue weighted by molar-refractivity contribution is 6.08. The minimum atomic E-state index is -0.594. The number of nitrogens with zero attached hydrogens (tertiary/aromatic N) is 5. The van der Waals surface area contributed by atoms with Crippen molar-refractivity contribution < 1.29 is 13.9 Å². The van der Waals surface area contributed by atoms with E-state index in [4.69, 9.17) is 10.5 Å². The van der Waals surface area contributed by atoms with Crippen LogP contribution in [-0.2, 0) is 11.8 Å². The van der Waals surface area contributed by atoms with E-state index < -0.39 is 5.82 Å². The van der Waals surface area contributed by atoms with Crippen LogP contribution in [0.25, 0.3) is 33.4 Å². The average molecular weight is 526 g/mol. The fraction of sp³-hybridized carbons (Fsp3) is 0.138. The van der Waals surface area contributed by atoms with Gasteiger partial charge in [-0.3, -0.25) is 4.79 Å². The van der Waals surface area contributed by atoms with E-state index in [9.17, 15) is 4.79 Å². The predicted octanol–water partition coefficient (Wildman–Crippen LogP) is 6.07. The highest BCUT2D eigenvalue weighted by Crippen LogP contribution is 2.42. The number of ether oxygens (including phenoxy) is 1. The first-order valence-electron chi connectivity index (χ1n) is 11.7. The molecule has 0 aliphatic rings. The Morgan fingerprint density at radius 3 is 2.46 bits per heavy atom. The number of nitrogen functional groups attached to an aromatic ring is 1. The van der Waals surface area contributed by atoms with Crippen LogP contribution in [-0.4, -0.2) is 30.4 Å². The Bertz CT molecular complexity index is 1710. The van der Waals surface area contributed by atoms with Crippen LogP contribution in [0.3, 0.4) is 0 Å². The summed E-state index contributed by atoms with van der Waals surface area (Å²) in [5.41, 5.74) is 11.4. The number of carbonyl (C=O) groups excluding carboxylic acids is 1. The van der Waals surface area contributed by atoms with Crippen LogP contribution in [0.15, 0.2) is 73.2 Å². The molecule has 10 heteroatoms. The predicted molar refractivity (Wildman–Crippen MR) is 151 cm³/mol. The van der Waals surface area contributed by atoms with Crippen LogP contribution in [0.5, 0.6) is 11.8 Å².